The van der Waals surface area contributed by atoms with Gasteiger partial charge in [-0.1, -0.05) is 171 Å². The van der Waals surface area contributed by atoms with Crippen molar-refractivity contribution in [1.82, 2.24) is 14.5 Å². The van der Waals surface area contributed by atoms with Crippen LogP contribution in [0.1, 0.15) is 113 Å². The van der Waals surface area contributed by atoms with Gasteiger partial charge < -0.3 is 5.11 Å². The van der Waals surface area contributed by atoms with Gasteiger partial charge in [0.15, 0.2) is 0 Å². The summed E-state index contributed by atoms with van der Waals surface area (Å²) in [4.78, 5) is 10.4. The van der Waals surface area contributed by atoms with Gasteiger partial charge in [0, 0.05) is 42.6 Å². The predicted octanol–water partition coefficient (Wildman–Crippen LogP) is 15.4. The molecule has 318 valence electrons. The molecule has 5 heteroatoms. The van der Waals surface area contributed by atoms with Crippen LogP contribution in [0.3, 0.4) is 0 Å². The van der Waals surface area contributed by atoms with Crippen molar-refractivity contribution in [2.45, 2.75) is 98.8 Å². The van der Waals surface area contributed by atoms with Crippen LogP contribution in [0, 0.1) is 12.9 Å². The Bertz CT molecular complexity index is 3010. The number of rotatable bonds is 8. The van der Waals surface area contributed by atoms with Crippen LogP contribution in [-0.2, 0) is 31.9 Å². The van der Waals surface area contributed by atoms with E-state index in [0.29, 0.717) is 11.4 Å². The van der Waals surface area contributed by atoms with Crippen molar-refractivity contribution in [2.75, 3.05) is 0 Å². The van der Waals surface area contributed by atoms with Crippen LogP contribution in [0.2, 0.25) is 0 Å². The minimum Gasteiger partial charge on any atom is -0.507 e. The van der Waals surface area contributed by atoms with Crippen LogP contribution in [0.4, 0.5) is 0 Å². The number of phenols is 1. The molecule has 62 heavy (non-hydrogen) atoms. The number of phenolic OH excluding ortho intramolecular Hbond substituents is 1. The summed E-state index contributed by atoms with van der Waals surface area (Å²) in [6, 6.07) is 46.8. The minimum atomic E-state index is -2.33. The Labute approximate surface area is 387 Å². The summed E-state index contributed by atoms with van der Waals surface area (Å²) >= 11 is 0. The second-order valence-corrected chi connectivity index (χ2v) is 19.1. The Kier molecular flexibility index (Phi) is 11.3. The summed E-state index contributed by atoms with van der Waals surface area (Å²) in [6.07, 6.45) is 1.86. The largest absolute Gasteiger partial charge is 0.507 e. The van der Waals surface area contributed by atoms with E-state index in [9.17, 15) is 5.11 Å². The minimum absolute atomic E-state index is 0. The zero-order chi connectivity index (χ0) is 45.9. The van der Waals surface area contributed by atoms with Crippen molar-refractivity contribution in [3.63, 3.8) is 0 Å². The molecule has 2 aromatic heterocycles. The number of benzene rings is 6. The van der Waals surface area contributed by atoms with Gasteiger partial charge in [-0.25, -0.2) is 4.98 Å². The molecular formula is C57H58N3OPt-. The van der Waals surface area contributed by atoms with Gasteiger partial charge in [0.1, 0.15) is 11.6 Å². The van der Waals surface area contributed by atoms with Crippen LogP contribution < -0.4 is 0 Å². The molecule has 1 N–H and O–H groups in total. The van der Waals surface area contributed by atoms with Gasteiger partial charge in [-0.15, -0.1) is 29.3 Å². The van der Waals surface area contributed by atoms with Crippen LogP contribution >= 0.6 is 0 Å². The van der Waals surface area contributed by atoms with Crippen LogP contribution in [0.5, 0.6) is 5.75 Å². The molecule has 0 unspecified atom stereocenters. The van der Waals surface area contributed by atoms with E-state index in [1.54, 1.807) is 12.1 Å². The third-order valence-electron chi connectivity index (χ3n) is 11.8. The number of imidazole rings is 1. The molecule has 0 amide bonds. The van der Waals surface area contributed by atoms with E-state index in [1.165, 1.54) is 5.56 Å². The average molecular weight is 999 g/mol. The average Bonchev–Trinajstić information content (AvgIpc) is 3.65. The quantitative estimate of drug-likeness (QED) is 0.154. The summed E-state index contributed by atoms with van der Waals surface area (Å²) < 4.78 is 27.5. The van der Waals surface area contributed by atoms with Crippen molar-refractivity contribution < 1.29 is 30.3 Å². The van der Waals surface area contributed by atoms with E-state index in [1.807, 2.05) is 42.6 Å². The Hall–Kier alpha value is -5.57. The molecule has 2 heterocycles. The molecule has 4 nitrogen and oxygen atoms in total. The molecule has 0 aliphatic rings. The molecule has 0 saturated carbocycles. The Morgan fingerprint density at radius 1 is 0.629 bits per heavy atom. The van der Waals surface area contributed by atoms with Crippen LogP contribution in [0.15, 0.2) is 134 Å². The molecule has 8 rings (SSSR count). The molecular weight excluding hydrogens is 938 g/mol. The molecule has 0 bridgehead atoms. The monoisotopic (exact) mass is 998 g/mol. The van der Waals surface area contributed by atoms with Gasteiger partial charge in [0.25, 0.3) is 0 Å². The number of pyridine rings is 1. The van der Waals surface area contributed by atoms with E-state index in [2.05, 4.69) is 159 Å². The van der Waals surface area contributed by atoms with Crippen molar-refractivity contribution >= 4 is 11.0 Å². The van der Waals surface area contributed by atoms with E-state index in [0.717, 1.165) is 78.0 Å². The second-order valence-electron chi connectivity index (χ2n) is 19.1. The summed E-state index contributed by atoms with van der Waals surface area (Å²) in [5.74, 6) is 0.968. The maximum atomic E-state index is 12.3. The molecule has 0 spiro atoms. The molecule has 0 fully saturated rings. The maximum Gasteiger partial charge on any atom is 0.148 e. The van der Waals surface area contributed by atoms with Crippen molar-refractivity contribution in [2.24, 2.45) is 0 Å². The van der Waals surface area contributed by atoms with Gasteiger partial charge in [0.05, 0.1) is 22.3 Å². The number of aromatic nitrogens is 3. The first-order valence-corrected chi connectivity index (χ1v) is 21.4. The summed E-state index contributed by atoms with van der Waals surface area (Å²) in [5, 5.41) is 12.3. The number of para-hydroxylation sites is 1. The topological polar surface area (TPSA) is 50.9 Å². The smallest absolute Gasteiger partial charge is 0.148 e. The first-order chi connectivity index (χ1) is 30.2. The molecule has 0 aliphatic carbocycles. The van der Waals surface area contributed by atoms with E-state index in [4.69, 9.17) is 14.1 Å². The molecule has 0 atom stereocenters. The number of hydrogen-bond donors (Lipinski definition) is 1. The molecule has 6 aromatic carbocycles. The Morgan fingerprint density at radius 3 is 2.00 bits per heavy atom. The van der Waals surface area contributed by atoms with Crippen molar-refractivity contribution in [3.8, 4) is 67.5 Å². The third kappa shape index (κ3) is 8.73. The fraction of sp³-hybridized carbons (Fsp3) is 0.263. The number of aryl methyl sites for hydroxylation is 1. The zero-order valence-corrected chi connectivity index (χ0v) is 39.7. The van der Waals surface area contributed by atoms with Crippen LogP contribution in [0.25, 0.3) is 72.7 Å². The van der Waals surface area contributed by atoms with E-state index in [-0.39, 0.29) is 55.0 Å². The SMILES string of the molecule is [2H]C([2H])([2H])c1ccc(-n2c(-c3cc(C(C)C)cc(C(C)C)c3O)nc3c(-c4[c-]c(-c5cc(-c6ccccc6)ccn5)cc(C(C)(C)C)c4)cccc32)c(-c2ccc(C(C)(C)C)cc2)c1.[Pt]. The van der Waals surface area contributed by atoms with E-state index >= 15 is 0 Å². The van der Waals surface area contributed by atoms with Crippen molar-refractivity contribution in [1.29, 1.82) is 0 Å². The van der Waals surface area contributed by atoms with Gasteiger partial charge in [-0.05, 0) is 93.2 Å². The van der Waals surface area contributed by atoms with Gasteiger partial charge >= 0.3 is 0 Å². The first-order valence-electron chi connectivity index (χ1n) is 22.9. The predicted molar refractivity (Wildman–Crippen MR) is 257 cm³/mol. The Balaban J connectivity index is 0.00000630. The maximum absolute atomic E-state index is 12.3. The fourth-order valence-electron chi connectivity index (χ4n) is 8.15. The third-order valence-corrected chi connectivity index (χ3v) is 11.8. The van der Waals surface area contributed by atoms with Gasteiger partial charge in [0.2, 0.25) is 0 Å². The van der Waals surface area contributed by atoms with E-state index < -0.39 is 6.85 Å². The van der Waals surface area contributed by atoms with Crippen LogP contribution in [-0.4, -0.2) is 19.6 Å². The molecule has 0 saturated heterocycles. The fourth-order valence-corrected chi connectivity index (χ4v) is 8.15. The number of hydrogen-bond acceptors (Lipinski definition) is 3. The summed E-state index contributed by atoms with van der Waals surface area (Å²) in [5.41, 5.74) is 14.4. The Morgan fingerprint density at radius 2 is 1.34 bits per heavy atom. The van der Waals surface area contributed by atoms with Crippen molar-refractivity contribution in [3.05, 3.63) is 167 Å². The van der Waals surface area contributed by atoms with Gasteiger partial charge in [-0.2, -0.15) is 0 Å². The number of nitrogens with zero attached hydrogens (tertiary/aromatic N) is 3. The summed E-state index contributed by atoms with van der Waals surface area (Å²) in [6.45, 7) is 19.4. The molecule has 8 aromatic rings. The standard InChI is InChI=1S/C57H58N3O.Pt/c1-35(2)41-32-47(36(3)4)54(61)49(33-41)55-59-53-46(42-29-43(31-45(30-42)57(9,10)11)50-34-40(26-27-58-50)38-16-13-12-14-17-38)18-15-19-52(53)60(55)51-25-20-37(5)28-48(51)39-21-23-44(24-22-39)56(6,7)8;/h12-28,30-36,61H,1-11H3;/q-1;/i5D3;. The number of aromatic hydroxyl groups is 1. The van der Waals surface area contributed by atoms with Gasteiger partial charge in [-0.3, -0.25) is 9.55 Å². The number of fused-ring (bicyclic) bond motifs is 1. The normalized spacial score (nSPS) is 12.9. The molecule has 0 aliphatic heterocycles. The first kappa shape index (κ1) is 40.5. The zero-order valence-electron chi connectivity index (χ0n) is 40.5. The summed E-state index contributed by atoms with van der Waals surface area (Å²) in [7, 11) is 0. The molecule has 0 radical (unpaired) electrons. The second kappa shape index (κ2) is 17.3.